The van der Waals surface area contributed by atoms with Crippen molar-refractivity contribution in [3.8, 4) is 0 Å². The van der Waals surface area contributed by atoms with Crippen LogP contribution in [0.5, 0.6) is 0 Å². The van der Waals surface area contributed by atoms with Crippen molar-refractivity contribution < 1.29 is 0 Å². The molecule has 0 aliphatic heterocycles. The minimum atomic E-state index is 0.986. The third kappa shape index (κ3) is 4.10. The number of allylic oxidation sites excluding steroid dienone is 8. The van der Waals surface area contributed by atoms with Crippen LogP contribution in [0.15, 0.2) is 66.3 Å². The maximum atomic E-state index is 2.29. The van der Waals surface area contributed by atoms with Gasteiger partial charge in [-0.1, -0.05) is 79.6 Å². The topological polar surface area (TPSA) is 0 Å². The lowest BCUT2D eigenvalue weighted by Crippen LogP contribution is -1.86. The Labute approximate surface area is 116 Å². The van der Waals surface area contributed by atoms with Crippen LogP contribution >= 0.6 is 0 Å². The highest BCUT2D eigenvalue weighted by Crippen LogP contribution is 2.21. The summed E-state index contributed by atoms with van der Waals surface area (Å²) in [6.07, 6.45) is 16.5. The molecular weight excluding hydrogens is 228 g/mol. The van der Waals surface area contributed by atoms with Gasteiger partial charge in [-0.15, -0.1) is 0 Å². The van der Waals surface area contributed by atoms with Gasteiger partial charge in [-0.25, -0.2) is 0 Å². The van der Waals surface area contributed by atoms with Crippen LogP contribution in [0.3, 0.4) is 0 Å². The molecule has 0 saturated carbocycles. The Balaban J connectivity index is 2.27. The smallest absolute Gasteiger partial charge is 0.0157 e. The molecule has 0 bridgehead atoms. The average Bonchev–Trinajstić information content (AvgIpc) is 2.52. The summed E-state index contributed by atoms with van der Waals surface area (Å²) >= 11 is 0. The van der Waals surface area contributed by atoms with Crippen molar-refractivity contribution in [3.63, 3.8) is 0 Å². The Morgan fingerprint density at radius 3 is 2.58 bits per heavy atom. The Bertz CT molecular complexity index is 522. The minimum absolute atomic E-state index is 0.986. The Morgan fingerprint density at radius 2 is 1.84 bits per heavy atom. The van der Waals surface area contributed by atoms with E-state index in [0.717, 1.165) is 6.42 Å². The van der Waals surface area contributed by atoms with Gasteiger partial charge in [0.15, 0.2) is 0 Å². The van der Waals surface area contributed by atoms with Gasteiger partial charge in [0.25, 0.3) is 0 Å². The summed E-state index contributed by atoms with van der Waals surface area (Å²) in [7, 11) is 0. The zero-order valence-corrected chi connectivity index (χ0v) is 11.9. The fourth-order valence-electron chi connectivity index (χ4n) is 2.27. The normalized spacial score (nSPS) is 24.1. The first kappa shape index (κ1) is 13.6. The first-order chi connectivity index (χ1) is 9.29. The second-order valence-corrected chi connectivity index (χ2v) is 5.02. The van der Waals surface area contributed by atoms with E-state index >= 15 is 0 Å². The summed E-state index contributed by atoms with van der Waals surface area (Å²) in [5, 5.41) is 0. The van der Waals surface area contributed by atoms with E-state index < -0.39 is 0 Å². The van der Waals surface area contributed by atoms with Gasteiger partial charge in [0, 0.05) is 0 Å². The fourth-order valence-corrected chi connectivity index (χ4v) is 2.27. The molecule has 0 fully saturated rings. The highest BCUT2D eigenvalue weighted by atomic mass is 14.0. The summed E-state index contributed by atoms with van der Waals surface area (Å²) in [5.41, 5.74) is 5.34. The molecular formula is C19H22. The third-order valence-corrected chi connectivity index (χ3v) is 3.29. The molecule has 0 unspecified atom stereocenters. The van der Waals surface area contributed by atoms with E-state index in [2.05, 4.69) is 74.6 Å². The largest absolute Gasteiger partial charge is 0.0807 e. The zero-order chi connectivity index (χ0) is 13.5. The number of hydrogen-bond acceptors (Lipinski definition) is 0. The summed E-state index contributed by atoms with van der Waals surface area (Å²) in [5.74, 6) is 0. The Hall–Kier alpha value is -1.82. The highest BCUT2D eigenvalue weighted by Gasteiger charge is 2.00. The third-order valence-electron chi connectivity index (χ3n) is 3.29. The number of rotatable bonds is 3. The fraction of sp³-hybridized carbons (Fsp3) is 0.263. The lowest BCUT2D eigenvalue weighted by Gasteiger charge is -2.06. The quantitative estimate of drug-likeness (QED) is 0.666. The van der Waals surface area contributed by atoms with Crippen molar-refractivity contribution in [1.82, 2.24) is 0 Å². The molecule has 0 nitrogen and oxygen atoms in total. The standard InChI is InChI=1S/C19H22/c1-3-8-17-11-13-18(14-12-17)19-10-7-5-4-6-9-16(2)15-19/h4-6,9-15H,3,7-8H2,1-2H3/b5-4-,9-6+,16-15+,19-10+. The molecule has 98 valence electrons. The van der Waals surface area contributed by atoms with Crippen LogP contribution in [0.25, 0.3) is 5.57 Å². The van der Waals surface area contributed by atoms with E-state index in [9.17, 15) is 0 Å². The van der Waals surface area contributed by atoms with Gasteiger partial charge in [0.1, 0.15) is 0 Å². The molecule has 1 aromatic carbocycles. The molecule has 0 heterocycles. The molecule has 0 radical (unpaired) electrons. The maximum Gasteiger partial charge on any atom is -0.0157 e. The van der Waals surface area contributed by atoms with Gasteiger partial charge in [-0.2, -0.15) is 0 Å². The summed E-state index contributed by atoms with van der Waals surface area (Å²) in [4.78, 5) is 0. The molecule has 0 atom stereocenters. The van der Waals surface area contributed by atoms with Crippen molar-refractivity contribution in [2.45, 2.75) is 33.1 Å². The molecule has 1 aliphatic carbocycles. The van der Waals surface area contributed by atoms with Gasteiger partial charge >= 0.3 is 0 Å². The van der Waals surface area contributed by atoms with E-state index in [0.29, 0.717) is 0 Å². The van der Waals surface area contributed by atoms with Crippen molar-refractivity contribution in [1.29, 1.82) is 0 Å². The van der Waals surface area contributed by atoms with E-state index in [1.54, 1.807) is 0 Å². The lowest BCUT2D eigenvalue weighted by atomic mass is 9.99. The molecule has 19 heavy (non-hydrogen) atoms. The maximum absolute atomic E-state index is 2.29. The second kappa shape index (κ2) is 6.94. The predicted molar refractivity (Wildman–Crippen MR) is 85.1 cm³/mol. The number of hydrogen-bond donors (Lipinski definition) is 0. The Kier molecular flexibility index (Phi) is 4.97. The SMILES string of the molecule is CCCc1ccc(C2=C\C\C=C/C=C/C(C)=C/2)cc1. The van der Waals surface area contributed by atoms with Crippen LogP contribution in [0.1, 0.15) is 37.8 Å². The van der Waals surface area contributed by atoms with Crippen LogP contribution in [0, 0.1) is 0 Å². The van der Waals surface area contributed by atoms with E-state index in [1.807, 2.05) is 0 Å². The minimum Gasteiger partial charge on any atom is -0.0807 e. The monoisotopic (exact) mass is 250 g/mol. The predicted octanol–water partition coefficient (Wildman–Crippen LogP) is 5.48. The first-order valence-corrected chi connectivity index (χ1v) is 7.10. The van der Waals surface area contributed by atoms with Crippen LogP contribution in [0.2, 0.25) is 0 Å². The van der Waals surface area contributed by atoms with E-state index in [1.165, 1.54) is 35.1 Å². The van der Waals surface area contributed by atoms with Crippen molar-refractivity contribution in [3.05, 3.63) is 77.4 Å². The van der Waals surface area contributed by atoms with Crippen LogP contribution in [-0.2, 0) is 6.42 Å². The average molecular weight is 250 g/mol. The van der Waals surface area contributed by atoms with Crippen LogP contribution in [-0.4, -0.2) is 0 Å². The van der Waals surface area contributed by atoms with E-state index in [-0.39, 0.29) is 0 Å². The molecule has 0 heteroatoms. The van der Waals surface area contributed by atoms with Crippen LogP contribution in [0.4, 0.5) is 0 Å². The summed E-state index contributed by atoms with van der Waals surface area (Å²) in [6, 6.07) is 8.99. The molecule has 0 amide bonds. The highest BCUT2D eigenvalue weighted by molar-refractivity contribution is 5.75. The lowest BCUT2D eigenvalue weighted by molar-refractivity contribution is 0.922. The molecule has 2 rings (SSSR count). The Morgan fingerprint density at radius 1 is 1.05 bits per heavy atom. The zero-order valence-electron chi connectivity index (χ0n) is 11.9. The number of benzene rings is 1. The van der Waals surface area contributed by atoms with Crippen molar-refractivity contribution in [2.75, 3.05) is 0 Å². The first-order valence-electron chi connectivity index (χ1n) is 7.10. The number of aryl methyl sites for hydroxylation is 1. The van der Waals surface area contributed by atoms with Crippen molar-refractivity contribution in [2.24, 2.45) is 0 Å². The second-order valence-electron chi connectivity index (χ2n) is 5.02. The molecule has 0 saturated heterocycles. The van der Waals surface area contributed by atoms with Crippen molar-refractivity contribution >= 4 is 5.57 Å². The summed E-state index contributed by atoms with van der Waals surface area (Å²) < 4.78 is 0. The molecule has 0 aromatic heterocycles. The molecule has 1 aliphatic rings. The van der Waals surface area contributed by atoms with E-state index in [4.69, 9.17) is 0 Å². The molecule has 0 spiro atoms. The summed E-state index contributed by atoms with van der Waals surface area (Å²) in [6.45, 7) is 4.37. The van der Waals surface area contributed by atoms with Gasteiger partial charge in [0.05, 0.1) is 0 Å². The molecule has 1 aromatic rings. The van der Waals surface area contributed by atoms with Gasteiger partial charge in [-0.05, 0) is 36.5 Å². The van der Waals surface area contributed by atoms with Crippen LogP contribution < -0.4 is 0 Å². The van der Waals surface area contributed by atoms with Gasteiger partial charge in [0.2, 0.25) is 0 Å². The van der Waals surface area contributed by atoms with Gasteiger partial charge < -0.3 is 0 Å². The van der Waals surface area contributed by atoms with Gasteiger partial charge in [-0.3, -0.25) is 0 Å². The molecule has 0 N–H and O–H groups in total.